The Bertz CT molecular complexity index is 546. The summed E-state index contributed by atoms with van der Waals surface area (Å²) in [5, 5.41) is 11.9. The third-order valence-corrected chi connectivity index (χ3v) is 3.38. The van der Waals surface area contributed by atoms with Gasteiger partial charge in [-0.15, -0.1) is 24.5 Å². The van der Waals surface area contributed by atoms with Crippen LogP contribution in [0.15, 0.2) is 35.7 Å². The van der Waals surface area contributed by atoms with E-state index in [1.165, 1.54) is 35.6 Å². The number of hydrogen-bond donors (Lipinski definition) is 1. The van der Waals surface area contributed by atoms with E-state index in [1.54, 1.807) is 0 Å². The summed E-state index contributed by atoms with van der Waals surface area (Å²) in [5.74, 6) is -0.301. The van der Waals surface area contributed by atoms with Gasteiger partial charge in [-0.05, 0) is 41.6 Å². The second-order valence-electron chi connectivity index (χ2n) is 4.01. The lowest BCUT2D eigenvalue weighted by atomic mass is 10.0. The standard InChI is InChI=1S/C13H11F3O2S/c1-8-6-10(7-19-8)12(17)9-2-4-11(5-3-9)18-13(14,15)16/h2-7,12,17H,1H3. The highest BCUT2D eigenvalue weighted by molar-refractivity contribution is 7.10. The van der Waals surface area contributed by atoms with Crippen molar-refractivity contribution in [3.63, 3.8) is 0 Å². The molecule has 0 saturated heterocycles. The van der Waals surface area contributed by atoms with E-state index in [0.717, 1.165) is 10.4 Å². The van der Waals surface area contributed by atoms with Crippen molar-refractivity contribution in [3.8, 4) is 5.75 Å². The van der Waals surface area contributed by atoms with Crippen molar-refractivity contribution in [2.24, 2.45) is 0 Å². The van der Waals surface area contributed by atoms with Gasteiger partial charge < -0.3 is 9.84 Å². The second-order valence-corrected chi connectivity index (χ2v) is 5.13. The van der Waals surface area contributed by atoms with Gasteiger partial charge in [-0.2, -0.15) is 0 Å². The largest absolute Gasteiger partial charge is 0.573 e. The van der Waals surface area contributed by atoms with Crippen LogP contribution in [0.4, 0.5) is 13.2 Å². The number of ether oxygens (including phenoxy) is 1. The lowest BCUT2D eigenvalue weighted by Gasteiger charge is -2.12. The highest BCUT2D eigenvalue weighted by atomic mass is 32.1. The van der Waals surface area contributed by atoms with Gasteiger partial charge in [0.25, 0.3) is 0 Å². The number of hydrogen-bond acceptors (Lipinski definition) is 3. The van der Waals surface area contributed by atoms with Gasteiger partial charge in [-0.3, -0.25) is 0 Å². The van der Waals surface area contributed by atoms with Crippen LogP contribution in [0.25, 0.3) is 0 Å². The molecule has 0 aliphatic heterocycles. The smallest absolute Gasteiger partial charge is 0.406 e. The van der Waals surface area contributed by atoms with Gasteiger partial charge in [-0.1, -0.05) is 12.1 Å². The van der Waals surface area contributed by atoms with Gasteiger partial charge in [-0.25, -0.2) is 0 Å². The number of aliphatic hydroxyl groups is 1. The molecule has 1 N–H and O–H groups in total. The first-order valence-corrected chi connectivity index (χ1v) is 6.32. The van der Waals surface area contributed by atoms with Crippen molar-refractivity contribution < 1.29 is 23.0 Å². The maximum absolute atomic E-state index is 12.0. The summed E-state index contributed by atoms with van der Waals surface area (Å²) >= 11 is 1.50. The van der Waals surface area contributed by atoms with E-state index < -0.39 is 12.5 Å². The molecule has 1 heterocycles. The number of thiophene rings is 1. The zero-order valence-electron chi connectivity index (χ0n) is 9.94. The van der Waals surface area contributed by atoms with Gasteiger partial charge in [0.05, 0.1) is 0 Å². The molecule has 0 saturated carbocycles. The van der Waals surface area contributed by atoms with E-state index in [-0.39, 0.29) is 5.75 Å². The summed E-state index contributed by atoms with van der Waals surface area (Å²) in [7, 11) is 0. The van der Waals surface area contributed by atoms with Crippen molar-refractivity contribution >= 4 is 11.3 Å². The van der Waals surface area contributed by atoms with Crippen molar-refractivity contribution in [3.05, 3.63) is 51.7 Å². The van der Waals surface area contributed by atoms with Gasteiger partial charge in [0, 0.05) is 4.88 Å². The SMILES string of the molecule is Cc1cc(C(O)c2ccc(OC(F)(F)F)cc2)cs1. The minimum atomic E-state index is -4.70. The Kier molecular flexibility index (Phi) is 3.82. The molecule has 1 aromatic carbocycles. The first kappa shape index (κ1) is 13.9. The number of benzene rings is 1. The zero-order valence-corrected chi connectivity index (χ0v) is 10.8. The fourth-order valence-electron chi connectivity index (χ4n) is 1.65. The van der Waals surface area contributed by atoms with Gasteiger partial charge >= 0.3 is 6.36 Å². The first-order chi connectivity index (χ1) is 8.85. The van der Waals surface area contributed by atoms with Crippen LogP contribution in [0.3, 0.4) is 0 Å². The van der Waals surface area contributed by atoms with Crippen LogP contribution in [0.5, 0.6) is 5.75 Å². The Balaban J connectivity index is 2.14. The predicted molar refractivity (Wildman–Crippen MR) is 66.2 cm³/mol. The highest BCUT2D eigenvalue weighted by Crippen LogP contribution is 2.28. The van der Waals surface area contributed by atoms with Crippen LogP contribution in [0.2, 0.25) is 0 Å². The summed E-state index contributed by atoms with van der Waals surface area (Å²) in [6, 6.07) is 7.05. The van der Waals surface area contributed by atoms with Gasteiger partial charge in [0.2, 0.25) is 0 Å². The van der Waals surface area contributed by atoms with E-state index in [0.29, 0.717) is 5.56 Å². The molecule has 0 amide bonds. The average Bonchev–Trinajstić information content (AvgIpc) is 2.74. The normalized spacial score (nSPS) is 13.3. The maximum atomic E-state index is 12.0. The summed E-state index contributed by atoms with van der Waals surface area (Å²) < 4.78 is 39.8. The van der Waals surface area contributed by atoms with Crippen LogP contribution in [-0.2, 0) is 0 Å². The minimum absolute atomic E-state index is 0.301. The Morgan fingerprint density at radius 3 is 2.26 bits per heavy atom. The number of alkyl halides is 3. The van der Waals surface area contributed by atoms with Crippen molar-refractivity contribution in [1.29, 1.82) is 0 Å². The van der Waals surface area contributed by atoms with E-state index in [4.69, 9.17) is 0 Å². The molecule has 2 nitrogen and oxygen atoms in total. The number of rotatable bonds is 3. The molecule has 2 rings (SSSR count). The molecular weight excluding hydrogens is 277 g/mol. The highest BCUT2D eigenvalue weighted by Gasteiger charge is 2.31. The molecule has 0 aliphatic carbocycles. The molecule has 19 heavy (non-hydrogen) atoms. The van der Waals surface area contributed by atoms with Crippen molar-refractivity contribution in [2.75, 3.05) is 0 Å². The molecule has 1 atom stereocenters. The lowest BCUT2D eigenvalue weighted by molar-refractivity contribution is -0.274. The van der Waals surface area contributed by atoms with Crippen LogP contribution >= 0.6 is 11.3 Å². The summed E-state index contributed by atoms with van der Waals surface area (Å²) in [4.78, 5) is 1.06. The molecule has 0 fully saturated rings. The molecule has 0 aliphatic rings. The monoisotopic (exact) mass is 288 g/mol. The molecular formula is C13H11F3O2S. The van der Waals surface area contributed by atoms with Crippen molar-refractivity contribution in [1.82, 2.24) is 0 Å². The third-order valence-electron chi connectivity index (χ3n) is 2.50. The van der Waals surface area contributed by atoms with Crippen LogP contribution < -0.4 is 4.74 Å². The second kappa shape index (κ2) is 5.22. The fourth-order valence-corrected chi connectivity index (χ4v) is 2.37. The average molecular weight is 288 g/mol. The molecule has 0 bridgehead atoms. The predicted octanol–water partition coefficient (Wildman–Crippen LogP) is 4.04. The lowest BCUT2D eigenvalue weighted by Crippen LogP contribution is -2.17. The van der Waals surface area contributed by atoms with E-state index >= 15 is 0 Å². The summed E-state index contributed by atoms with van der Waals surface area (Å²) in [6.07, 6.45) is -5.55. The zero-order chi connectivity index (χ0) is 14.0. The number of aryl methyl sites for hydroxylation is 1. The quantitative estimate of drug-likeness (QED) is 0.923. The Morgan fingerprint density at radius 1 is 1.16 bits per heavy atom. The summed E-state index contributed by atoms with van der Waals surface area (Å²) in [5.41, 5.74) is 1.25. The Labute approximate surface area is 112 Å². The molecule has 1 aromatic heterocycles. The van der Waals surface area contributed by atoms with Crippen LogP contribution in [-0.4, -0.2) is 11.5 Å². The van der Waals surface area contributed by atoms with E-state index in [2.05, 4.69) is 4.74 Å². The van der Waals surface area contributed by atoms with E-state index in [1.807, 2.05) is 18.4 Å². The van der Waals surface area contributed by atoms with E-state index in [9.17, 15) is 18.3 Å². The Morgan fingerprint density at radius 2 is 1.79 bits per heavy atom. The molecule has 2 aromatic rings. The maximum Gasteiger partial charge on any atom is 0.573 e. The first-order valence-electron chi connectivity index (χ1n) is 5.44. The number of aliphatic hydroxyl groups excluding tert-OH is 1. The van der Waals surface area contributed by atoms with Gasteiger partial charge in [0.15, 0.2) is 0 Å². The Hall–Kier alpha value is -1.53. The summed E-state index contributed by atoms with van der Waals surface area (Å²) in [6.45, 7) is 1.92. The molecule has 0 radical (unpaired) electrons. The fraction of sp³-hybridized carbons (Fsp3) is 0.231. The molecule has 102 valence electrons. The van der Waals surface area contributed by atoms with Crippen molar-refractivity contribution in [2.45, 2.75) is 19.4 Å². The van der Waals surface area contributed by atoms with Crippen LogP contribution in [0.1, 0.15) is 22.1 Å². The van der Waals surface area contributed by atoms with Gasteiger partial charge in [0.1, 0.15) is 11.9 Å². The molecule has 1 unspecified atom stereocenters. The third kappa shape index (κ3) is 3.71. The topological polar surface area (TPSA) is 29.5 Å². The molecule has 0 spiro atoms. The minimum Gasteiger partial charge on any atom is -0.406 e. The van der Waals surface area contributed by atoms with Crippen LogP contribution in [0, 0.1) is 6.92 Å². The number of halogens is 3. The molecule has 6 heteroatoms.